The van der Waals surface area contributed by atoms with Gasteiger partial charge in [-0.25, -0.2) is 4.39 Å². The van der Waals surface area contributed by atoms with Gasteiger partial charge in [0.25, 0.3) is 0 Å². The number of furan rings is 1. The molecule has 3 aromatic carbocycles. The molecule has 6 heteroatoms. The van der Waals surface area contributed by atoms with Gasteiger partial charge in [0.05, 0.1) is 19.9 Å². The van der Waals surface area contributed by atoms with E-state index in [2.05, 4.69) is 80.0 Å². The summed E-state index contributed by atoms with van der Waals surface area (Å²) >= 11 is 0. The third-order valence-corrected chi connectivity index (χ3v) is 11.0. The maximum absolute atomic E-state index is 14.3. The third kappa shape index (κ3) is 8.35. The number of hydrogen-bond acceptors (Lipinski definition) is 3. The van der Waals surface area contributed by atoms with Crippen LogP contribution in [0.15, 0.2) is 89.6 Å². The number of aromatic nitrogens is 2. The molecular formula is C41H43FIrN2OSi-2. The molecule has 0 aliphatic heterocycles. The summed E-state index contributed by atoms with van der Waals surface area (Å²) in [6.45, 7) is 11.7. The van der Waals surface area contributed by atoms with Gasteiger partial charge in [-0.15, -0.1) is 59.7 Å². The molecule has 47 heavy (non-hydrogen) atoms. The fourth-order valence-electron chi connectivity index (χ4n) is 6.61. The van der Waals surface area contributed by atoms with E-state index in [1.165, 1.54) is 42.6 Å². The zero-order valence-electron chi connectivity index (χ0n) is 28.0. The minimum absolute atomic E-state index is 0. The van der Waals surface area contributed by atoms with Crippen molar-refractivity contribution in [3.05, 3.63) is 114 Å². The number of rotatable bonds is 7. The van der Waals surface area contributed by atoms with Crippen molar-refractivity contribution in [1.29, 1.82) is 0 Å². The maximum atomic E-state index is 14.3. The van der Waals surface area contributed by atoms with E-state index in [1.54, 1.807) is 0 Å². The molecule has 0 bridgehead atoms. The fourth-order valence-corrected chi connectivity index (χ4v) is 8.20. The van der Waals surface area contributed by atoms with Crippen LogP contribution in [0.3, 0.4) is 0 Å². The normalized spacial score (nSPS) is 13.5. The predicted molar refractivity (Wildman–Crippen MR) is 191 cm³/mol. The van der Waals surface area contributed by atoms with Crippen LogP contribution >= 0.6 is 0 Å². The summed E-state index contributed by atoms with van der Waals surface area (Å²) < 4.78 is 20.1. The summed E-state index contributed by atoms with van der Waals surface area (Å²) in [5, 5.41) is 3.61. The van der Waals surface area contributed by atoms with Gasteiger partial charge in [0.1, 0.15) is 11.4 Å². The third-order valence-electron chi connectivity index (χ3n) is 8.91. The van der Waals surface area contributed by atoms with E-state index in [4.69, 9.17) is 4.42 Å². The molecule has 1 saturated carbocycles. The van der Waals surface area contributed by atoms with Crippen molar-refractivity contribution in [3.63, 3.8) is 0 Å². The quantitative estimate of drug-likeness (QED) is 0.119. The summed E-state index contributed by atoms with van der Waals surface area (Å²) in [6.07, 6.45) is 10.3. The van der Waals surface area contributed by atoms with Crippen molar-refractivity contribution in [2.24, 2.45) is 11.8 Å². The van der Waals surface area contributed by atoms with Crippen LogP contribution in [0, 0.1) is 29.8 Å². The SMILES string of the molecule is CC(C)Cc1cc(-c2[c-]cccc2)ncc1[Si](C)(C)C.Fc1cnc(-c2[c-]cc3oc4ccccc4c3c2)cc1CC1CCCC1.[Ir]. The Morgan fingerprint density at radius 2 is 1.53 bits per heavy atom. The van der Waals surface area contributed by atoms with Crippen LogP contribution in [0.1, 0.15) is 50.7 Å². The van der Waals surface area contributed by atoms with Crippen LogP contribution in [0.5, 0.6) is 0 Å². The Bertz CT molecular complexity index is 1940. The van der Waals surface area contributed by atoms with E-state index in [1.807, 2.05) is 54.6 Å². The van der Waals surface area contributed by atoms with Gasteiger partial charge in [-0.3, -0.25) is 0 Å². The van der Waals surface area contributed by atoms with Crippen molar-refractivity contribution < 1.29 is 28.9 Å². The summed E-state index contributed by atoms with van der Waals surface area (Å²) in [6, 6.07) is 30.6. The second-order valence-corrected chi connectivity index (χ2v) is 19.1. The fraction of sp³-hybridized carbons (Fsp3) is 0.317. The molecule has 0 amide bonds. The first-order chi connectivity index (χ1) is 22.2. The monoisotopic (exact) mass is 819 g/mol. The molecule has 6 aromatic rings. The number of benzene rings is 3. The molecule has 3 heterocycles. The molecule has 0 atom stereocenters. The molecule has 3 aromatic heterocycles. The Kier molecular flexibility index (Phi) is 11.3. The maximum Gasteiger partial charge on any atom is 0.142 e. The molecule has 0 unspecified atom stereocenters. The Hall–Kier alpha value is -3.44. The topological polar surface area (TPSA) is 38.9 Å². The minimum atomic E-state index is -1.34. The number of pyridine rings is 2. The average molecular weight is 819 g/mol. The van der Waals surface area contributed by atoms with Gasteiger partial charge in [-0.1, -0.05) is 100 Å². The molecule has 1 aliphatic carbocycles. The molecular weight excluding hydrogens is 776 g/mol. The second kappa shape index (κ2) is 15.2. The van der Waals surface area contributed by atoms with E-state index < -0.39 is 8.07 Å². The van der Waals surface area contributed by atoms with Crippen LogP contribution < -0.4 is 5.19 Å². The van der Waals surface area contributed by atoms with Crippen LogP contribution in [0.4, 0.5) is 4.39 Å². The largest absolute Gasteiger partial charge is 0.500 e. The van der Waals surface area contributed by atoms with Gasteiger partial charge in [0.2, 0.25) is 0 Å². The summed E-state index contributed by atoms with van der Waals surface area (Å²) in [5.41, 5.74) is 7.69. The van der Waals surface area contributed by atoms with Gasteiger partial charge in [0, 0.05) is 31.7 Å². The molecule has 0 N–H and O–H groups in total. The standard InChI is InChI=1S/C23H19FNO.C18H24NSi.Ir/c24-20-14-25-21(13-17(20)11-15-5-1-2-6-15)16-9-10-23-19(12-16)18-7-3-4-8-22(18)26-23;1-14(2)11-16-12-17(15-9-7-6-8-10-15)19-13-18(16)20(3,4)5;/h3-4,7-8,10,12-15H,1-2,5-6,11H2;6-9,12-14H,11H2,1-5H3;/q2*-1;. The molecule has 7 rings (SSSR count). The van der Waals surface area contributed by atoms with Gasteiger partial charge >= 0.3 is 0 Å². The van der Waals surface area contributed by atoms with Crippen molar-refractivity contribution in [3.8, 4) is 22.5 Å². The van der Waals surface area contributed by atoms with Crippen molar-refractivity contribution in [2.45, 2.75) is 72.0 Å². The smallest absolute Gasteiger partial charge is 0.142 e. The van der Waals surface area contributed by atoms with E-state index in [0.717, 1.165) is 62.9 Å². The summed E-state index contributed by atoms with van der Waals surface area (Å²) in [7, 11) is -1.34. The van der Waals surface area contributed by atoms with Crippen molar-refractivity contribution >= 4 is 35.2 Å². The number of para-hydroxylation sites is 1. The minimum Gasteiger partial charge on any atom is -0.500 e. The van der Waals surface area contributed by atoms with Crippen LogP contribution in [0.25, 0.3) is 44.5 Å². The zero-order chi connectivity index (χ0) is 32.3. The molecule has 245 valence electrons. The van der Waals surface area contributed by atoms with E-state index in [0.29, 0.717) is 11.8 Å². The Morgan fingerprint density at radius 3 is 2.26 bits per heavy atom. The first kappa shape index (κ1) is 34.9. The van der Waals surface area contributed by atoms with Gasteiger partial charge in [-0.05, 0) is 52.9 Å². The van der Waals surface area contributed by atoms with E-state index in [-0.39, 0.29) is 25.9 Å². The van der Waals surface area contributed by atoms with Crippen molar-refractivity contribution in [2.75, 3.05) is 0 Å². The van der Waals surface area contributed by atoms with E-state index in [9.17, 15) is 4.39 Å². The second-order valence-electron chi connectivity index (χ2n) is 14.1. The summed E-state index contributed by atoms with van der Waals surface area (Å²) in [4.78, 5) is 9.00. The molecule has 1 radical (unpaired) electrons. The van der Waals surface area contributed by atoms with Gasteiger partial charge in [0.15, 0.2) is 0 Å². The van der Waals surface area contributed by atoms with Crippen LogP contribution in [0.2, 0.25) is 19.6 Å². The Labute approximate surface area is 293 Å². The number of nitrogens with zero attached hydrogens (tertiary/aromatic N) is 2. The number of halogens is 1. The number of fused-ring (bicyclic) bond motifs is 3. The predicted octanol–water partition coefficient (Wildman–Crippen LogP) is 10.6. The van der Waals surface area contributed by atoms with Crippen molar-refractivity contribution in [1.82, 2.24) is 9.97 Å². The van der Waals surface area contributed by atoms with Gasteiger partial charge < -0.3 is 14.4 Å². The molecule has 1 fully saturated rings. The Balaban J connectivity index is 0.000000188. The molecule has 3 nitrogen and oxygen atoms in total. The Morgan fingerprint density at radius 1 is 0.830 bits per heavy atom. The average Bonchev–Trinajstić information content (AvgIpc) is 3.69. The van der Waals surface area contributed by atoms with Crippen LogP contribution in [-0.2, 0) is 32.9 Å². The van der Waals surface area contributed by atoms with Gasteiger partial charge in [-0.2, -0.15) is 0 Å². The first-order valence-corrected chi connectivity index (χ1v) is 20.1. The number of hydrogen-bond donors (Lipinski definition) is 0. The molecule has 0 spiro atoms. The molecule has 1 aliphatic rings. The zero-order valence-corrected chi connectivity index (χ0v) is 31.4. The van der Waals surface area contributed by atoms with Crippen LogP contribution in [-0.4, -0.2) is 18.0 Å². The summed E-state index contributed by atoms with van der Waals surface area (Å²) in [5.74, 6) is 1.07. The van der Waals surface area contributed by atoms with E-state index >= 15 is 0 Å². The molecule has 0 saturated heterocycles. The first-order valence-electron chi connectivity index (χ1n) is 16.6.